The summed E-state index contributed by atoms with van der Waals surface area (Å²) in [5.41, 5.74) is 5.48. The number of nitrogens with zero attached hydrogens (tertiary/aromatic N) is 1. The molecule has 0 spiro atoms. The van der Waals surface area contributed by atoms with Gasteiger partial charge in [0.05, 0.1) is 6.54 Å². The Kier molecular flexibility index (Phi) is 4.39. The molecule has 1 aromatic rings. The fraction of sp³-hybridized carbons (Fsp3) is 0.667. The quantitative estimate of drug-likeness (QED) is 0.853. The van der Waals surface area contributed by atoms with E-state index in [1.54, 1.807) is 4.31 Å². The summed E-state index contributed by atoms with van der Waals surface area (Å²) in [5, 5.41) is 0. The molecule has 1 aromatic heterocycles. The Bertz CT molecular complexity index is 549. The molecule has 1 fully saturated rings. The zero-order chi connectivity index (χ0) is 14.2. The van der Waals surface area contributed by atoms with Crippen LogP contribution < -0.4 is 5.73 Å². The summed E-state index contributed by atoms with van der Waals surface area (Å²) in [6, 6.07) is 1.64. The van der Waals surface area contributed by atoms with E-state index in [2.05, 4.69) is 15.9 Å². The zero-order valence-electron chi connectivity index (χ0n) is 11.1. The maximum absolute atomic E-state index is 12.7. The summed E-state index contributed by atoms with van der Waals surface area (Å²) in [6.45, 7) is 4.74. The molecule has 1 heterocycles. The third-order valence-electron chi connectivity index (χ3n) is 2.99. The van der Waals surface area contributed by atoms with Crippen molar-refractivity contribution in [3.63, 3.8) is 0 Å². The van der Waals surface area contributed by atoms with Crippen LogP contribution in [0.5, 0.6) is 0 Å². The maximum Gasteiger partial charge on any atom is 0.247 e. The Hall–Kier alpha value is -0.370. The van der Waals surface area contributed by atoms with E-state index < -0.39 is 10.0 Å². The number of nitrogens with two attached hydrogens (primary N) is 1. The SMILES string of the molecule is CC(C)CN(C1CC1)S(=O)(=O)c1cc(CN)oc1Br. The van der Waals surface area contributed by atoms with Gasteiger partial charge >= 0.3 is 0 Å². The smallest absolute Gasteiger partial charge is 0.247 e. The van der Waals surface area contributed by atoms with Crippen LogP contribution in [0.15, 0.2) is 20.0 Å². The Morgan fingerprint density at radius 1 is 1.53 bits per heavy atom. The summed E-state index contributed by atoms with van der Waals surface area (Å²) in [4.78, 5) is 0.181. The Labute approximate surface area is 122 Å². The van der Waals surface area contributed by atoms with E-state index >= 15 is 0 Å². The first-order valence-electron chi connectivity index (χ1n) is 6.36. The molecule has 0 amide bonds. The van der Waals surface area contributed by atoms with Gasteiger partial charge in [-0.25, -0.2) is 8.42 Å². The molecule has 1 saturated carbocycles. The highest BCUT2D eigenvalue weighted by Crippen LogP contribution is 2.36. The average Bonchev–Trinajstić information content (AvgIpc) is 3.08. The third kappa shape index (κ3) is 3.21. The Morgan fingerprint density at radius 3 is 2.58 bits per heavy atom. The lowest BCUT2D eigenvalue weighted by molar-refractivity contribution is 0.359. The van der Waals surface area contributed by atoms with Gasteiger partial charge in [-0.2, -0.15) is 4.31 Å². The topological polar surface area (TPSA) is 76.5 Å². The molecular formula is C12H19BrN2O3S. The zero-order valence-corrected chi connectivity index (χ0v) is 13.5. The van der Waals surface area contributed by atoms with Crippen molar-refractivity contribution in [3.8, 4) is 0 Å². The monoisotopic (exact) mass is 350 g/mol. The summed E-state index contributed by atoms with van der Waals surface area (Å²) in [7, 11) is -3.52. The van der Waals surface area contributed by atoms with Crippen LogP contribution >= 0.6 is 15.9 Å². The van der Waals surface area contributed by atoms with E-state index in [1.165, 1.54) is 6.07 Å². The van der Waals surface area contributed by atoms with Crippen LogP contribution in [0.2, 0.25) is 0 Å². The highest BCUT2D eigenvalue weighted by Gasteiger charge is 2.40. The number of hydrogen-bond donors (Lipinski definition) is 1. The van der Waals surface area contributed by atoms with Crippen molar-refractivity contribution in [1.29, 1.82) is 0 Å². The standard InChI is InChI=1S/C12H19BrN2O3S/c1-8(2)7-15(9-3-4-9)19(16,17)11-5-10(6-14)18-12(11)13/h5,8-9H,3-4,6-7,14H2,1-2H3. The second-order valence-corrected chi connectivity index (χ2v) is 7.83. The lowest BCUT2D eigenvalue weighted by atomic mass is 10.2. The molecule has 1 aliphatic carbocycles. The van der Waals surface area contributed by atoms with Crippen LogP contribution in [-0.2, 0) is 16.6 Å². The molecular weight excluding hydrogens is 332 g/mol. The van der Waals surface area contributed by atoms with Crippen molar-refractivity contribution in [2.24, 2.45) is 11.7 Å². The fourth-order valence-corrected chi connectivity index (χ4v) is 4.78. The van der Waals surface area contributed by atoms with Gasteiger partial charge in [0.2, 0.25) is 10.0 Å². The summed E-state index contributed by atoms with van der Waals surface area (Å²) < 4.78 is 32.5. The number of rotatable bonds is 6. The summed E-state index contributed by atoms with van der Waals surface area (Å²) in [6.07, 6.45) is 1.87. The molecule has 7 heteroatoms. The van der Waals surface area contributed by atoms with Gasteiger partial charge in [0.1, 0.15) is 10.7 Å². The molecule has 0 unspecified atom stereocenters. The molecule has 2 rings (SSSR count). The lowest BCUT2D eigenvalue weighted by Crippen LogP contribution is -2.36. The molecule has 0 radical (unpaired) electrons. The number of sulfonamides is 1. The minimum atomic E-state index is -3.52. The van der Waals surface area contributed by atoms with Gasteiger partial charge in [-0.05, 0) is 34.7 Å². The van der Waals surface area contributed by atoms with Gasteiger partial charge in [0.15, 0.2) is 4.67 Å². The number of hydrogen-bond acceptors (Lipinski definition) is 4. The van der Waals surface area contributed by atoms with Gasteiger partial charge in [-0.15, -0.1) is 0 Å². The van der Waals surface area contributed by atoms with E-state index in [4.69, 9.17) is 10.2 Å². The Balaban J connectivity index is 2.35. The van der Waals surface area contributed by atoms with Crippen LogP contribution in [0.25, 0.3) is 0 Å². The van der Waals surface area contributed by atoms with E-state index in [1.807, 2.05) is 13.8 Å². The Morgan fingerprint density at radius 2 is 2.16 bits per heavy atom. The average molecular weight is 351 g/mol. The van der Waals surface area contributed by atoms with E-state index in [0.717, 1.165) is 12.8 Å². The van der Waals surface area contributed by atoms with E-state index in [0.29, 0.717) is 12.3 Å². The van der Waals surface area contributed by atoms with E-state index in [9.17, 15) is 8.42 Å². The van der Waals surface area contributed by atoms with Gasteiger partial charge in [0.25, 0.3) is 0 Å². The number of furan rings is 1. The molecule has 1 aliphatic rings. The first-order chi connectivity index (χ1) is 8.86. The van der Waals surface area contributed by atoms with Crippen LogP contribution in [0, 0.1) is 5.92 Å². The molecule has 5 nitrogen and oxygen atoms in total. The van der Waals surface area contributed by atoms with Crippen LogP contribution in [0.4, 0.5) is 0 Å². The molecule has 0 aromatic carbocycles. The molecule has 19 heavy (non-hydrogen) atoms. The first kappa shape index (κ1) is 15.0. The van der Waals surface area contributed by atoms with Crippen LogP contribution in [0.1, 0.15) is 32.4 Å². The van der Waals surface area contributed by atoms with Crippen molar-refractivity contribution in [3.05, 3.63) is 16.5 Å². The van der Waals surface area contributed by atoms with Crippen molar-refractivity contribution < 1.29 is 12.8 Å². The second-order valence-electron chi connectivity index (χ2n) is 5.25. The number of halogens is 1. The van der Waals surface area contributed by atoms with Gasteiger partial charge in [-0.1, -0.05) is 13.8 Å². The molecule has 0 saturated heterocycles. The van der Waals surface area contributed by atoms with Crippen LogP contribution in [0.3, 0.4) is 0 Å². The summed E-state index contributed by atoms with van der Waals surface area (Å²) >= 11 is 3.17. The molecule has 0 atom stereocenters. The second kappa shape index (κ2) is 5.55. The predicted octanol–water partition coefficient (Wildman–Crippen LogP) is 2.31. The normalized spacial score (nSPS) is 16.5. The fourth-order valence-electron chi connectivity index (χ4n) is 1.97. The van der Waals surface area contributed by atoms with Gasteiger partial charge < -0.3 is 10.2 Å². The van der Waals surface area contributed by atoms with Crippen molar-refractivity contribution >= 4 is 26.0 Å². The first-order valence-corrected chi connectivity index (χ1v) is 8.59. The maximum atomic E-state index is 12.7. The van der Waals surface area contributed by atoms with E-state index in [-0.39, 0.29) is 28.1 Å². The molecule has 108 valence electrons. The summed E-state index contributed by atoms with van der Waals surface area (Å²) in [5.74, 6) is 0.751. The minimum absolute atomic E-state index is 0.135. The molecule has 0 bridgehead atoms. The third-order valence-corrected chi connectivity index (χ3v) is 5.77. The lowest BCUT2D eigenvalue weighted by Gasteiger charge is -2.23. The van der Waals surface area contributed by atoms with Crippen LogP contribution in [-0.4, -0.2) is 25.3 Å². The highest BCUT2D eigenvalue weighted by atomic mass is 79.9. The highest BCUT2D eigenvalue weighted by molar-refractivity contribution is 9.10. The molecule has 2 N–H and O–H groups in total. The van der Waals surface area contributed by atoms with Gasteiger partial charge in [0, 0.05) is 18.7 Å². The van der Waals surface area contributed by atoms with Gasteiger partial charge in [-0.3, -0.25) is 0 Å². The van der Waals surface area contributed by atoms with Crippen molar-refractivity contribution in [2.45, 2.75) is 44.2 Å². The van der Waals surface area contributed by atoms with Crippen molar-refractivity contribution in [2.75, 3.05) is 6.54 Å². The van der Waals surface area contributed by atoms with Crippen molar-refractivity contribution in [1.82, 2.24) is 4.31 Å². The molecule has 0 aliphatic heterocycles. The largest absolute Gasteiger partial charge is 0.452 e. The minimum Gasteiger partial charge on any atom is -0.452 e. The predicted molar refractivity (Wildman–Crippen MR) is 76.1 cm³/mol.